The monoisotopic (exact) mass is 373 g/mol. The summed E-state index contributed by atoms with van der Waals surface area (Å²) in [6, 6.07) is 11.9. The van der Waals surface area contributed by atoms with E-state index in [4.69, 9.17) is 0 Å². The molecule has 0 aromatic heterocycles. The fraction of sp³-hybridized carbons (Fsp3) is 0.316. The molecule has 26 heavy (non-hydrogen) atoms. The van der Waals surface area contributed by atoms with Crippen molar-refractivity contribution in [3.63, 3.8) is 0 Å². The lowest BCUT2D eigenvalue weighted by atomic mass is 10.0. The van der Waals surface area contributed by atoms with Gasteiger partial charge < -0.3 is 10.6 Å². The van der Waals surface area contributed by atoms with Crippen LogP contribution in [0.25, 0.3) is 0 Å². The van der Waals surface area contributed by atoms with E-state index in [-0.39, 0.29) is 10.8 Å². The molecule has 7 heteroatoms. The predicted molar refractivity (Wildman–Crippen MR) is 102 cm³/mol. The molecular formula is C19H23N3O3S. The van der Waals surface area contributed by atoms with Crippen LogP contribution in [0.1, 0.15) is 21.5 Å². The standard InChI is InChI=1S/C19H23N3O3S/c1-13-4-3-5-17(8-13)22-26(24,25)18-9-16(7-6-14(18)2)19(23)21-12-15-10-20-11-15/h3-9,15,20,22H,10-12H2,1-2H3,(H,21,23). The number of carbonyl (C=O) groups is 1. The highest BCUT2D eigenvalue weighted by Gasteiger charge is 2.21. The number of benzene rings is 2. The lowest BCUT2D eigenvalue weighted by molar-refractivity contribution is 0.0942. The number of nitrogens with one attached hydrogen (secondary N) is 3. The normalized spacial score (nSPS) is 14.5. The lowest BCUT2D eigenvalue weighted by Gasteiger charge is -2.27. The Labute approximate surface area is 154 Å². The molecule has 3 N–H and O–H groups in total. The number of carbonyl (C=O) groups excluding carboxylic acids is 1. The van der Waals surface area contributed by atoms with Gasteiger partial charge in [-0.2, -0.15) is 0 Å². The summed E-state index contributed by atoms with van der Waals surface area (Å²) in [5, 5.41) is 6.01. The molecule has 3 rings (SSSR count). The highest BCUT2D eigenvalue weighted by Crippen LogP contribution is 2.21. The second kappa shape index (κ2) is 7.47. The van der Waals surface area contributed by atoms with Crippen LogP contribution in [-0.4, -0.2) is 34.0 Å². The first-order valence-electron chi connectivity index (χ1n) is 8.54. The maximum atomic E-state index is 12.8. The van der Waals surface area contributed by atoms with Crippen LogP contribution >= 0.6 is 0 Å². The number of amides is 1. The minimum atomic E-state index is -3.78. The number of hydrogen-bond donors (Lipinski definition) is 3. The maximum absolute atomic E-state index is 12.8. The fourth-order valence-electron chi connectivity index (χ4n) is 2.78. The lowest BCUT2D eigenvalue weighted by Crippen LogP contribution is -2.48. The molecule has 6 nitrogen and oxygen atoms in total. The Hall–Kier alpha value is -2.38. The summed E-state index contributed by atoms with van der Waals surface area (Å²) in [6.07, 6.45) is 0. The molecule has 0 aliphatic carbocycles. The van der Waals surface area contributed by atoms with Crippen molar-refractivity contribution in [1.29, 1.82) is 0 Å². The Morgan fingerprint density at radius 3 is 2.58 bits per heavy atom. The van der Waals surface area contributed by atoms with Crippen LogP contribution in [0.15, 0.2) is 47.4 Å². The summed E-state index contributed by atoms with van der Waals surface area (Å²) in [5.74, 6) is 0.180. The van der Waals surface area contributed by atoms with Crippen molar-refractivity contribution in [1.82, 2.24) is 10.6 Å². The molecule has 2 aromatic carbocycles. The van der Waals surface area contributed by atoms with Gasteiger partial charge in [-0.25, -0.2) is 8.42 Å². The van der Waals surface area contributed by atoms with E-state index < -0.39 is 10.0 Å². The molecule has 1 heterocycles. The average molecular weight is 373 g/mol. The molecule has 138 valence electrons. The Bertz CT molecular complexity index is 921. The average Bonchev–Trinajstić information content (AvgIpc) is 2.53. The zero-order chi connectivity index (χ0) is 18.7. The minimum Gasteiger partial charge on any atom is -0.352 e. The molecule has 1 amide bonds. The topological polar surface area (TPSA) is 87.3 Å². The summed E-state index contributed by atoms with van der Waals surface area (Å²) in [7, 11) is -3.78. The molecule has 0 saturated carbocycles. The SMILES string of the molecule is Cc1cccc(NS(=O)(=O)c2cc(C(=O)NCC3CNC3)ccc2C)c1. The maximum Gasteiger partial charge on any atom is 0.262 e. The number of sulfonamides is 1. The Morgan fingerprint density at radius 1 is 1.15 bits per heavy atom. The molecule has 1 fully saturated rings. The van der Waals surface area contributed by atoms with Gasteiger partial charge in [-0.3, -0.25) is 9.52 Å². The van der Waals surface area contributed by atoms with E-state index in [1.165, 1.54) is 6.07 Å². The van der Waals surface area contributed by atoms with Crippen LogP contribution < -0.4 is 15.4 Å². The van der Waals surface area contributed by atoms with Crippen LogP contribution in [0.5, 0.6) is 0 Å². The van der Waals surface area contributed by atoms with E-state index in [2.05, 4.69) is 15.4 Å². The van der Waals surface area contributed by atoms with Crippen LogP contribution in [0, 0.1) is 19.8 Å². The zero-order valence-corrected chi connectivity index (χ0v) is 15.7. The smallest absolute Gasteiger partial charge is 0.262 e. The quantitative estimate of drug-likeness (QED) is 0.723. The third-order valence-electron chi connectivity index (χ3n) is 4.43. The Kier molecular flexibility index (Phi) is 5.29. The van der Waals surface area contributed by atoms with Crippen molar-refractivity contribution in [3.05, 3.63) is 59.2 Å². The molecule has 1 aliphatic heterocycles. The summed E-state index contributed by atoms with van der Waals surface area (Å²) < 4.78 is 28.1. The zero-order valence-electron chi connectivity index (χ0n) is 14.9. The molecule has 1 aliphatic rings. The van der Waals surface area contributed by atoms with Gasteiger partial charge in [0.2, 0.25) is 0 Å². The van der Waals surface area contributed by atoms with Crippen molar-refractivity contribution < 1.29 is 13.2 Å². The van der Waals surface area contributed by atoms with E-state index in [1.807, 2.05) is 13.0 Å². The second-order valence-electron chi connectivity index (χ2n) is 6.69. The molecule has 1 saturated heterocycles. The van der Waals surface area contributed by atoms with Gasteiger partial charge in [-0.1, -0.05) is 18.2 Å². The first kappa shape index (κ1) is 18.4. The van der Waals surface area contributed by atoms with Crippen molar-refractivity contribution in [2.45, 2.75) is 18.7 Å². The number of hydrogen-bond acceptors (Lipinski definition) is 4. The van der Waals surface area contributed by atoms with Crippen LogP contribution in [0.4, 0.5) is 5.69 Å². The Morgan fingerprint density at radius 2 is 1.92 bits per heavy atom. The third-order valence-corrected chi connectivity index (χ3v) is 5.95. The van der Waals surface area contributed by atoms with Gasteiger partial charge >= 0.3 is 0 Å². The number of rotatable bonds is 6. The van der Waals surface area contributed by atoms with E-state index in [0.717, 1.165) is 18.7 Å². The van der Waals surface area contributed by atoms with Crippen molar-refractivity contribution >= 4 is 21.6 Å². The summed E-state index contributed by atoms with van der Waals surface area (Å²) >= 11 is 0. The van der Waals surface area contributed by atoms with Gasteiger partial charge in [0.1, 0.15) is 0 Å². The summed E-state index contributed by atoms with van der Waals surface area (Å²) in [6.45, 7) is 5.99. The van der Waals surface area contributed by atoms with Crippen LogP contribution in [0.3, 0.4) is 0 Å². The number of anilines is 1. The van der Waals surface area contributed by atoms with Gasteiger partial charge in [-0.15, -0.1) is 0 Å². The highest BCUT2D eigenvalue weighted by atomic mass is 32.2. The van der Waals surface area contributed by atoms with Crippen molar-refractivity contribution in [2.24, 2.45) is 5.92 Å². The van der Waals surface area contributed by atoms with Crippen LogP contribution in [0.2, 0.25) is 0 Å². The first-order valence-corrected chi connectivity index (χ1v) is 10.0. The van der Waals surface area contributed by atoms with E-state index in [9.17, 15) is 13.2 Å². The first-order chi connectivity index (χ1) is 12.3. The fourth-order valence-corrected chi connectivity index (χ4v) is 4.10. The van der Waals surface area contributed by atoms with E-state index in [0.29, 0.717) is 29.3 Å². The predicted octanol–water partition coefficient (Wildman–Crippen LogP) is 2.05. The highest BCUT2D eigenvalue weighted by molar-refractivity contribution is 7.92. The molecule has 2 aromatic rings. The van der Waals surface area contributed by atoms with Crippen LogP contribution in [-0.2, 0) is 10.0 Å². The summed E-state index contributed by atoms with van der Waals surface area (Å²) in [4.78, 5) is 12.4. The number of aryl methyl sites for hydroxylation is 2. The van der Waals surface area contributed by atoms with Gasteiger partial charge in [-0.05, 0) is 49.2 Å². The molecule has 0 unspecified atom stereocenters. The van der Waals surface area contributed by atoms with Crippen molar-refractivity contribution in [2.75, 3.05) is 24.4 Å². The molecule has 0 bridgehead atoms. The Balaban J connectivity index is 1.80. The van der Waals surface area contributed by atoms with Crippen molar-refractivity contribution in [3.8, 4) is 0 Å². The van der Waals surface area contributed by atoms with Gasteiger partial charge in [0.05, 0.1) is 4.90 Å². The summed E-state index contributed by atoms with van der Waals surface area (Å²) in [5.41, 5.74) is 2.38. The van der Waals surface area contributed by atoms with E-state index in [1.54, 1.807) is 37.3 Å². The third kappa shape index (κ3) is 4.23. The van der Waals surface area contributed by atoms with E-state index >= 15 is 0 Å². The molecule has 0 spiro atoms. The molecular weight excluding hydrogens is 350 g/mol. The molecule has 0 atom stereocenters. The van der Waals surface area contributed by atoms with Gasteiger partial charge in [0.25, 0.3) is 15.9 Å². The minimum absolute atomic E-state index is 0.108. The van der Waals surface area contributed by atoms with Gasteiger partial charge in [0, 0.05) is 36.8 Å². The largest absolute Gasteiger partial charge is 0.352 e. The molecule has 0 radical (unpaired) electrons. The van der Waals surface area contributed by atoms with Gasteiger partial charge in [0.15, 0.2) is 0 Å². The second-order valence-corrected chi connectivity index (χ2v) is 8.34.